The van der Waals surface area contributed by atoms with Gasteiger partial charge in [0.2, 0.25) is 15.8 Å². The maximum atomic E-state index is 13.4. The number of nitro benzene ring substituents is 1. The lowest BCUT2D eigenvalue weighted by Crippen LogP contribution is -2.34. The van der Waals surface area contributed by atoms with Crippen molar-refractivity contribution in [1.82, 2.24) is 4.72 Å². The van der Waals surface area contributed by atoms with E-state index in [0.717, 1.165) is 25.0 Å². The Kier molecular flexibility index (Phi) is 3.79. The first-order valence-corrected chi connectivity index (χ1v) is 7.67. The van der Waals surface area contributed by atoms with Gasteiger partial charge in [-0.25, -0.2) is 13.1 Å². The monoisotopic (exact) mass is 302 g/mol. The minimum Gasteiger partial charge on any atom is -0.258 e. The van der Waals surface area contributed by atoms with Crippen molar-refractivity contribution in [3.8, 4) is 0 Å². The minimum absolute atomic E-state index is 0.142. The SMILES string of the molecule is Cc1cc(F)c([N+](=O)[O-])cc1S(=O)(=O)NC(C)C1CC1. The summed E-state index contributed by atoms with van der Waals surface area (Å²) in [5.41, 5.74) is -0.696. The molecule has 1 aromatic carbocycles. The van der Waals surface area contributed by atoms with Gasteiger partial charge in [-0.15, -0.1) is 0 Å². The third-order valence-corrected chi connectivity index (χ3v) is 5.10. The Morgan fingerprint density at radius 1 is 1.45 bits per heavy atom. The number of nitrogens with one attached hydrogen (secondary N) is 1. The summed E-state index contributed by atoms with van der Waals surface area (Å²) in [6, 6.07) is 1.41. The standard InChI is InChI=1S/C12H15FN2O4S/c1-7-5-10(13)11(15(16)17)6-12(7)20(18,19)14-8(2)9-3-4-9/h5-6,8-9,14H,3-4H2,1-2H3. The van der Waals surface area contributed by atoms with E-state index < -0.39 is 26.5 Å². The third kappa shape index (κ3) is 2.96. The highest BCUT2D eigenvalue weighted by Gasteiger charge is 2.32. The van der Waals surface area contributed by atoms with E-state index >= 15 is 0 Å². The van der Waals surface area contributed by atoms with Crippen LogP contribution in [0.3, 0.4) is 0 Å². The molecule has 1 aromatic rings. The van der Waals surface area contributed by atoms with Gasteiger partial charge in [0.05, 0.1) is 9.82 Å². The van der Waals surface area contributed by atoms with Crippen LogP contribution in [0.1, 0.15) is 25.3 Å². The molecule has 1 fully saturated rings. The lowest BCUT2D eigenvalue weighted by Gasteiger charge is -2.14. The van der Waals surface area contributed by atoms with E-state index in [0.29, 0.717) is 5.92 Å². The van der Waals surface area contributed by atoms with Crippen LogP contribution in [0.15, 0.2) is 17.0 Å². The van der Waals surface area contributed by atoms with Crippen LogP contribution >= 0.6 is 0 Å². The summed E-state index contributed by atoms with van der Waals surface area (Å²) in [4.78, 5) is 9.52. The second-order valence-electron chi connectivity index (χ2n) is 5.07. The smallest absolute Gasteiger partial charge is 0.258 e. The molecule has 6 nitrogen and oxygen atoms in total. The van der Waals surface area contributed by atoms with Crippen LogP contribution in [0.25, 0.3) is 0 Å². The van der Waals surface area contributed by atoms with Crippen LogP contribution in [0.2, 0.25) is 0 Å². The molecule has 0 bridgehead atoms. The van der Waals surface area contributed by atoms with E-state index in [1.807, 2.05) is 0 Å². The fourth-order valence-corrected chi connectivity index (χ4v) is 3.63. The zero-order chi connectivity index (χ0) is 15.1. The minimum atomic E-state index is -3.89. The molecule has 1 aliphatic rings. The first-order chi connectivity index (χ1) is 9.22. The van der Waals surface area contributed by atoms with Gasteiger partial charge < -0.3 is 0 Å². The van der Waals surface area contributed by atoms with E-state index in [9.17, 15) is 22.9 Å². The molecule has 1 N–H and O–H groups in total. The van der Waals surface area contributed by atoms with E-state index in [2.05, 4.69) is 4.72 Å². The van der Waals surface area contributed by atoms with Crippen LogP contribution in [0, 0.1) is 28.8 Å². The molecule has 0 spiro atoms. The molecule has 2 rings (SSSR count). The van der Waals surface area contributed by atoms with Gasteiger partial charge in [-0.1, -0.05) is 0 Å². The lowest BCUT2D eigenvalue weighted by molar-refractivity contribution is -0.387. The topological polar surface area (TPSA) is 89.3 Å². The van der Waals surface area contributed by atoms with E-state index in [1.165, 1.54) is 6.92 Å². The number of sulfonamides is 1. The van der Waals surface area contributed by atoms with Crippen molar-refractivity contribution in [2.24, 2.45) is 5.92 Å². The fraction of sp³-hybridized carbons (Fsp3) is 0.500. The molecule has 0 heterocycles. The highest BCUT2D eigenvalue weighted by molar-refractivity contribution is 7.89. The highest BCUT2D eigenvalue weighted by atomic mass is 32.2. The largest absolute Gasteiger partial charge is 0.306 e. The summed E-state index contributed by atoms with van der Waals surface area (Å²) in [5.74, 6) is -0.734. The van der Waals surface area contributed by atoms with Crippen LogP contribution in [0.4, 0.5) is 10.1 Å². The number of benzene rings is 1. The van der Waals surface area contributed by atoms with Gasteiger partial charge in [-0.3, -0.25) is 10.1 Å². The van der Waals surface area contributed by atoms with Gasteiger partial charge in [0, 0.05) is 12.1 Å². The number of halogens is 1. The zero-order valence-corrected chi connectivity index (χ0v) is 11.9. The van der Waals surface area contributed by atoms with Gasteiger partial charge in [-0.2, -0.15) is 4.39 Å². The van der Waals surface area contributed by atoms with Crippen LogP contribution in [-0.4, -0.2) is 19.4 Å². The molecule has 20 heavy (non-hydrogen) atoms. The Hall–Kier alpha value is -1.54. The molecular formula is C12H15FN2O4S. The average molecular weight is 302 g/mol. The first kappa shape index (κ1) is 14.9. The molecule has 8 heteroatoms. The van der Waals surface area contributed by atoms with Crippen LogP contribution in [0.5, 0.6) is 0 Å². The van der Waals surface area contributed by atoms with Gasteiger partial charge in [0.1, 0.15) is 0 Å². The summed E-state index contributed by atoms with van der Waals surface area (Å²) in [6.07, 6.45) is 1.93. The van der Waals surface area contributed by atoms with Gasteiger partial charge >= 0.3 is 5.69 Å². The van der Waals surface area contributed by atoms with Crippen LogP contribution in [-0.2, 0) is 10.0 Å². The zero-order valence-electron chi connectivity index (χ0n) is 11.1. The Labute approximate surface area is 116 Å². The summed E-state index contributed by atoms with van der Waals surface area (Å²) in [5, 5.41) is 10.7. The molecule has 1 atom stereocenters. The third-order valence-electron chi connectivity index (χ3n) is 3.40. The number of nitro groups is 1. The summed E-state index contributed by atoms with van der Waals surface area (Å²) in [6.45, 7) is 3.16. The molecule has 0 aliphatic heterocycles. The van der Waals surface area contributed by atoms with Crippen molar-refractivity contribution in [1.29, 1.82) is 0 Å². The van der Waals surface area contributed by atoms with Gasteiger partial charge in [0.25, 0.3) is 0 Å². The molecule has 1 unspecified atom stereocenters. The molecule has 1 aliphatic carbocycles. The van der Waals surface area contributed by atoms with Crippen molar-refractivity contribution in [3.63, 3.8) is 0 Å². The Morgan fingerprint density at radius 3 is 2.55 bits per heavy atom. The van der Waals surface area contributed by atoms with Crippen molar-refractivity contribution in [2.45, 2.75) is 37.6 Å². The predicted molar refractivity (Wildman–Crippen MR) is 70.3 cm³/mol. The number of nitrogens with zero attached hydrogens (tertiary/aromatic N) is 1. The molecule has 0 aromatic heterocycles. The Morgan fingerprint density at radius 2 is 2.05 bits per heavy atom. The summed E-state index contributed by atoms with van der Waals surface area (Å²) in [7, 11) is -3.89. The number of rotatable bonds is 5. The van der Waals surface area contributed by atoms with Gasteiger partial charge in [-0.05, 0) is 44.2 Å². The Balaban J connectivity index is 2.39. The summed E-state index contributed by atoms with van der Waals surface area (Å²) >= 11 is 0. The number of aryl methyl sites for hydroxylation is 1. The van der Waals surface area contributed by atoms with Crippen LogP contribution < -0.4 is 4.72 Å². The van der Waals surface area contributed by atoms with E-state index in [4.69, 9.17) is 0 Å². The van der Waals surface area contributed by atoms with Crippen molar-refractivity contribution in [2.75, 3.05) is 0 Å². The van der Waals surface area contributed by atoms with Crippen molar-refractivity contribution in [3.05, 3.63) is 33.6 Å². The normalized spacial score (nSPS) is 16.9. The van der Waals surface area contributed by atoms with Gasteiger partial charge in [0.15, 0.2) is 0 Å². The maximum Gasteiger partial charge on any atom is 0.306 e. The second-order valence-corrected chi connectivity index (χ2v) is 6.76. The summed E-state index contributed by atoms with van der Waals surface area (Å²) < 4.78 is 40.4. The number of hydrogen-bond acceptors (Lipinski definition) is 4. The van der Waals surface area contributed by atoms with E-state index in [1.54, 1.807) is 6.92 Å². The molecule has 0 amide bonds. The first-order valence-electron chi connectivity index (χ1n) is 6.19. The molecule has 1 saturated carbocycles. The maximum absolute atomic E-state index is 13.4. The molecular weight excluding hydrogens is 287 g/mol. The number of hydrogen-bond donors (Lipinski definition) is 1. The Bertz CT molecular complexity index is 656. The van der Waals surface area contributed by atoms with Crippen molar-refractivity contribution < 1.29 is 17.7 Å². The molecule has 0 saturated heterocycles. The van der Waals surface area contributed by atoms with Crippen molar-refractivity contribution >= 4 is 15.7 Å². The molecule has 0 radical (unpaired) electrons. The van der Waals surface area contributed by atoms with E-state index in [-0.39, 0.29) is 16.5 Å². The molecule has 110 valence electrons. The fourth-order valence-electron chi connectivity index (χ4n) is 2.07. The predicted octanol–water partition coefficient (Wildman–Crippen LogP) is 2.12. The lowest BCUT2D eigenvalue weighted by atomic mass is 10.2. The quantitative estimate of drug-likeness (QED) is 0.666. The highest BCUT2D eigenvalue weighted by Crippen LogP contribution is 2.33. The second kappa shape index (κ2) is 5.10. The average Bonchev–Trinajstić information content (AvgIpc) is 3.10.